The quantitative estimate of drug-likeness (QED) is 0.519. The second kappa shape index (κ2) is 11.3. The molecule has 3 nitrogen and oxygen atoms in total. The number of amides is 1. The number of benzene rings is 2. The van der Waals surface area contributed by atoms with Crippen molar-refractivity contribution in [2.75, 3.05) is 12.3 Å². The summed E-state index contributed by atoms with van der Waals surface area (Å²) in [7, 11) is 0. The van der Waals surface area contributed by atoms with Gasteiger partial charge >= 0.3 is 0 Å². The van der Waals surface area contributed by atoms with Gasteiger partial charge in [0.1, 0.15) is 5.75 Å². The average Bonchev–Trinajstić information content (AvgIpc) is 2.61. The predicted molar refractivity (Wildman–Crippen MR) is 114 cm³/mol. The summed E-state index contributed by atoms with van der Waals surface area (Å²) in [5, 5.41) is 2.99. The Bertz CT molecular complexity index is 671. The van der Waals surface area contributed by atoms with Crippen molar-refractivity contribution in [3.05, 3.63) is 64.1 Å². The lowest BCUT2D eigenvalue weighted by atomic mass is 10.1. The molecule has 0 saturated heterocycles. The van der Waals surface area contributed by atoms with E-state index in [9.17, 15) is 4.79 Å². The highest BCUT2D eigenvalue weighted by Crippen LogP contribution is 2.16. The van der Waals surface area contributed by atoms with Gasteiger partial charge in [0.2, 0.25) is 5.91 Å². The third kappa shape index (κ3) is 8.28. The standard InChI is InChI=1S/C21H26BrNO2S/c1-16(2)25-20-11-7-17(8-12-20)4-3-13-23-21(24)15-26-14-18-5-9-19(22)10-6-18/h5-12,16H,3-4,13-15H2,1-2H3,(H,23,24). The summed E-state index contributed by atoms with van der Waals surface area (Å²) >= 11 is 5.06. The maximum Gasteiger partial charge on any atom is 0.230 e. The molecule has 2 aromatic carbocycles. The molecule has 5 heteroatoms. The van der Waals surface area contributed by atoms with Crippen LogP contribution in [0.4, 0.5) is 0 Å². The smallest absolute Gasteiger partial charge is 0.230 e. The van der Waals surface area contributed by atoms with Gasteiger partial charge in [-0.05, 0) is 62.1 Å². The van der Waals surface area contributed by atoms with Gasteiger partial charge in [-0.25, -0.2) is 0 Å². The Hall–Kier alpha value is -1.46. The molecule has 0 heterocycles. The fraction of sp³-hybridized carbons (Fsp3) is 0.381. The molecule has 0 unspecified atom stereocenters. The molecule has 2 aromatic rings. The van der Waals surface area contributed by atoms with Crippen molar-refractivity contribution in [1.82, 2.24) is 5.32 Å². The number of thioether (sulfide) groups is 1. The van der Waals surface area contributed by atoms with E-state index >= 15 is 0 Å². The zero-order valence-corrected chi connectivity index (χ0v) is 17.7. The van der Waals surface area contributed by atoms with Crippen molar-refractivity contribution >= 4 is 33.6 Å². The molecule has 0 aliphatic carbocycles. The maximum atomic E-state index is 11.9. The number of hydrogen-bond acceptors (Lipinski definition) is 3. The molecule has 0 bridgehead atoms. The summed E-state index contributed by atoms with van der Waals surface area (Å²) in [6, 6.07) is 16.4. The van der Waals surface area contributed by atoms with E-state index in [2.05, 4.69) is 45.5 Å². The Morgan fingerprint density at radius 1 is 1.08 bits per heavy atom. The Morgan fingerprint density at radius 2 is 1.73 bits per heavy atom. The van der Waals surface area contributed by atoms with Crippen LogP contribution in [-0.2, 0) is 17.0 Å². The first-order chi connectivity index (χ1) is 12.5. The van der Waals surface area contributed by atoms with Crippen molar-refractivity contribution in [3.63, 3.8) is 0 Å². The summed E-state index contributed by atoms with van der Waals surface area (Å²) in [4.78, 5) is 11.9. The van der Waals surface area contributed by atoms with Crippen LogP contribution in [0.2, 0.25) is 0 Å². The molecule has 0 fully saturated rings. The van der Waals surface area contributed by atoms with E-state index in [1.807, 2.05) is 38.1 Å². The molecule has 0 aromatic heterocycles. The molecule has 0 spiro atoms. The molecule has 1 N–H and O–H groups in total. The number of rotatable bonds is 10. The number of hydrogen-bond donors (Lipinski definition) is 1. The molecular weight excluding hydrogens is 410 g/mol. The number of carbonyl (C=O) groups excluding carboxylic acids is 1. The van der Waals surface area contributed by atoms with Crippen LogP contribution in [0, 0.1) is 0 Å². The van der Waals surface area contributed by atoms with E-state index in [1.165, 1.54) is 11.1 Å². The van der Waals surface area contributed by atoms with Gasteiger partial charge in [0.15, 0.2) is 0 Å². The van der Waals surface area contributed by atoms with E-state index in [-0.39, 0.29) is 12.0 Å². The molecule has 1 amide bonds. The SMILES string of the molecule is CC(C)Oc1ccc(CCCNC(=O)CSCc2ccc(Br)cc2)cc1. The van der Waals surface area contributed by atoms with E-state index in [0.29, 0.717) is 12.3 Å². The molecule has 140 valence electrons. The van der Waals surface area contributed by atoms with Crippen molar-refractivity contribution < 1.29 is 9.53 Å². The van der Waals surface area contributed by atoms with Gasteiger partial charge in [-0.1, -0.05) is 40.2 Å². The third-order valence-electron chi connectivity index (χ3n) is 3.67. The van der Waals surface area contributed by atoms with E-state index in [0.717, 1.165) is 28.8 Å². The summed E-state index contributed by atoms with van der Waals surface area (Å²) < 4.78 is 6.71. The van der Waals surface area contributed by atoms with Gasteiger partial charge < -0.3 is 10.1 Å². The van der Waals surface area contributed by atoms with Crippen LogP contribution in [0.5, 0.6) is 5.75 Å². The van der Waals surface area contributed by atoms with Crippen molar-refractivity contribution in [2.45, 2.75) is 38.5 Å². The predicted octanol–water partition coefficient (Wildman–Crippen LogP) is 5.22. The first kappa shape index (κ1) is 20.8. The number of ether oxygens (including phenoxy) is 1. The highest BCUT2D eigenvalue weighted by atomic mass is 79.9. The van der Waals surface area contributed by atoms with Crippen molar-refractivity contribution in [2.24, 2.45) is 0 Å². The van der Waals surface area contributed by atoms with Gasteiger partial charge in [0.25, 0.3) is 0 Å². The van der Waals surface area contributed by atoms with Gasteiger partial charge in [-0.15, -0.1) is 11.8 Å². The topological polar surface area (TPSA) is 38.3 Å². The van der Waals surface area contributed by atoms with Crippen molar-refractivity contribution in [1.29, 1.82) is 0 Å². The molecule has 26 heavy (non-hydrogen) atoms. The van der Waals surface area contributed by atoms with Crippen LogP contribution in [0.3, 0.4) is 0 Å². The Kier molecular flexibility index (Phi) is 9.06. The van der Waals surface area contributed by atoms with Crippen LogP contribution in [-0.4, -0.2) is 24.3 Å². The monoisotopic (exact) mass is 435 g/mol. The van der Waals surface area contributed by atoms with Crippen LogP contribution >= 0.6 is 27.7 Å². The lowest BCUT2D eigenvalue weighted by molar-refractivity contribution is -0.118. The van der Waals surface area contributed by atoms with Gasteiger partial charge in [0, 0.05) is 16.8 Å². The van der Waals surface area contributed by atoms with Crippen LogP contribution < -0.4 is 10.1 Å². The van der Waals surface area contributed by atoms with Gasteiger partial charge in [0.05, 0.1) is 11.9 Å². The molecule has 0 radical (unpaired) electrons. The first-order valence-electron chi connectivity index (χ1n) is 8.87. The fourth-order valence-electron chi connectivity index (χ4n) is 2.42. The minimum absolute atomic E-state index is 0.104. The third-order valence-corrected chi connectivity index (χ3v) is 5.21. The maximum absolute atomic E-state index is 11.9. The summed E-state index contributed by atoms with van der Waals surface area (Å²) in [5.74, 6) is 2.36. The summed E-state index contributed by atoms with van der Waals surface area (Å²) in [6.45, 7) is 4.75. The van der Waals surface area contributed by atoms with Crippen LogP contribution in [0.1, 0.15) is 31.4 Å². The molecular formula is C21H26BrNO2S. The zero-order valence-electron chi connectivity index (χ0n) is 15.3. The molecule has 2 rings (SSSR count). The second-order valence-electron chi connectivity index (χ2n) is 6.38. The van der Waals surface area contributed by atoms with Crippen LogP contribution in [0.25, 0.3) is 0 Å². The number of aryl methyl sites for hydroxylation is 1. The average molecular weight is 436 g/mol. The molecule has 0 aliphatic rings. The molecule has 0 aliphatic heterocycles. The van der Waals surface area contributed by atoms with Gasteiger partial charge in [-0.2, -0.15) is 0 Å². The highest BCUT2D eigenvalue weighted by molar-refractivity contribution is 9.10. The zero-order chi connectivity index (χ0) is 18.8. The fourth-order valence-corrected chi connectivity index (χ4v) is 3.50. The number of carbonyl (C=O) groups is 1. The van der Waals surface area contributed by atoms with E-state index in [1.54, 1.807) is 11.8 Å². The normalized spacial score (nSPS) is 10.8. The lowest BCUT2D eigenvalue weighted by Gasteiger charge is -2.10. The number of halogens is 1. The Labute approximate surface area is 169 Å². The van der Waals surface area contributed by atoms with Crippen LogP contribution in [0.15, 0.2) is 53.0 Å². The Morgan fingerprint density at radius 3 is 2.38 bits per heavy atom. The minimum atomic E-state index is 0.104. The number of nitrogens with one attached hydrogen (secondary N) is 1. The minimum Gasteiger partial charge on any atom is -0.491 e. The molecule has 0 saturated carbocycles. The van der Waals surface area contributed by atoms with E-state index < -0.39 is 0 Å². The largest absolute Gasteiger partial charge is 0.491 e. The Balaban J connectivity index is 1.57. The van der Waals surface area contributed by atoms with E-state index in [4.69, 9.17) is 4.74 Å². The second-order valence-corrected chi connectivity index (χ2v) is 8.28. The first-order valence-corrected chi connectivity index (χ1v) is 10.8. The lowest BCUT2D eigenvalue weighted by Crippen LogP contribution is -2.26. The van der Waals surface area contributed by atoms with Crippen molar-refractivity contribution in [3.8, 4) is 5.75 Å². The van der Waals surface area contributed by atoms with Gasteiger partial charge in [-0.3, -0.25) is 4.79 Å². The highest BCUT2D eigenvalue weighted by Gasteiger charge is 2.03. The summed E-state index contributed by atoms with van der Waals surface area (Å²) in [6.07, 6.45) is 2.08. The molecule has 0 atom stereocenters. The summed E-state index contributed by atoms with van der Waals surface area (Å²) in [5.41, 5.74) is 2.50.